The molecule has 1 aliphatic rings. The third-order valence-corrected chi connectivity index (χ3v) is 2.90. The average molecular weight is 155 g/mol. The predicted molar refractivity (Wildman–Crippen MR) is 49.7 cm³/mol. The molecular weight excluding hydrogens is 134 g/mol. The van der Waals surface area contributed by atoms with Crippen LogP contribution < -0.4 is 0 Å². The Bertz CT molecular complexity index is 111. The fraction of sp³-hybridized carbons (Fsp3) is 1.00. The van der Waals surface area contributed by atoms with Gasteiger partial charge >= 0.3 is 0 Å². The van der Waals surface area contributed by atoms with Gasteiger partial charge in [0.25, 0.3) is 0 Å². The smallest absolute Gasteiger partial charge is 0.00644 e. The second kappa shape index (κ2) is 4.10. The Morgan fingerprint density at radius 3 is 2.82 bits per heavy atom. The molecule has 0 amide bonds. The first-order chi connectivity index (χ1) is 5.24. The molecule has 1 nitrogen and oxygen atoms in total. The standard InChI is InChI=1S/C10H21N/c1-4-10(3)11-7-5-6-9(2)8-11/h9-10H,4-8H2,1-3H3. The van der Waals surface area contributed by atoms with Gasteiger partial charge < -0.3 is 4.90 Å². The average Bonchev–Trinajstić information content (AvgIpc) is 2.03. The SMILES string of the molecule is CCC(C)N1CCCC(C)C1. The van der Waals surface area contributed by atoms with Gasteiger partial charge in [-0.1, -0.05) is 13.8 Å². The van der Waals surface area contributed by atoms with Crippen LogP contribution in [-0.4, -0.2) is 24.0 Å². The van der Waals surface area contributed by atoms with E-state index in [0.717, 1.165) is 12.0 Å². The number of likely N-dealkylation sites (tertiary alicyclic amines) is 1. The predicted octanol–water partition coefficient (Wildman–Crippen LogP) is 2.52. The van der Waals surface area contributed by atoms with Crippen molar-refractivity contribution >= 4 is 0 Å². The summed E-state index contributed by atoms with van der Waals surface area (Å²) < 4.78 is 0. The first-order valence-electron chi connectivity index (χ1n) is 4.98. The minimum atomic E-state index is 0.803. The number of hydrogen-bond acceptors (Lipinski definition) is 1. The van der Waals surface area contributed by atoms with Crippen molar-refractivity contribution in [1.29, 1.82) is 0 Å². The number of piperidine rings is 1. The topological polar surface area (TPSA) is 3.24 Å². The molecule has 1 saturated heterocycles. The summed E-state index contributed by atoms with van der Waals surface area (Å²) in [4.78, 5) is 2.63. The molecule has 0 spiro atoms. The summed E-state index contributed by atoms with van der Waals surface area (Å²) >= 11 is 0. The highest BCUT2D eigenvalue weighted by Gasteiger charge is 2.19. The molecule has 1 heteroatoms. The Hall–Kier alpha value is -0.0400. The molecule has 0 saturated carbocycles. The molecule has 1 fully saturated rings. The summed E-state index contributed by atoms with van der Waals surface area (Å²) in [5, 5.41) is 0. The van der Waals surface area contributed by atoms with Gasteiger partial charge in [0.15, 0.2) is 0 Å². The van der Waals surface area contributed by atoms with Crippen molar-refractivity contribution in [1.82, 2.24) is 4.90 Å². The number of hydrogen-bond donors (Lipinski definition) is 0. The molecule has 0 aromatic rings. The van der Waals surface area contributed by atoms with E-state index in [9.17, 15) is 0 Å². The molecule has 66 valence electrons. The van der Waals surface area contributed by atoms with Crippen LogP contribution in [0.4, 0.5) is 0 Å². The van der Waals surface area contributed by atoms with Gasteiger partial charge in [0.1, 0.15) is 0 Å². The third-order valence-electron chi connectivity index (χ3n) is 2.90. The van der Waals surface area contributed by atoms with Gasteiger partial charge in [-0.3, -0.25) is 0 Å². The van der Waals surface area contributed by atoms with Gasteiger partial charge in [-0.25, -0.2) is 0 Å². The van der Waals surface area contributed by atoms with E-state index < -0.39 is 0 Å². The van der Waals surface area contributed by atoms with Gasteiger partial charge in [0.05, 0.1) is 0 Å². The monoisotopic (exact) mass is 155 g/mol. The van der Waals surface area contributed by atoms with Crippen molar-refractivity contribution in [3.63, 3.8) is 0 Å². The van der Waals surface area contributed by atoms with Crippen molar-refractivity contribution in [2.24, 2.45) is 5.92 Å². The van der Waals surface area contributed by atoms with E-state index in [1.54, 1.807) is 0 Å². The van der Waals surface area contributed by atoms with E-state index in [1.165, 1.54) is 32.4 Å². The molecular formula is C10H21N. The van der Waals surface area contributed by atoms with Crippen LogP contribution in [0.2, 0.25) is 0 Å². The maximum absolute atomic E-state index is 2.63. The summed E-state index contributed by atoms with van der Waals surface area (Å²) in [7, 11) is 0. The highest BCUT2D eigenvalue weighted by molar-refractivity contribution is 4.73. The van der Waals surface area contributed by atoms with E-state index >= 15 is 0 Å². The Morgan fingerprint density at radius 1 is 1.55 bits per heavy atom. The number of rotatable bonds is 2. The summed E-state index contributed by atoms with van der Waals surface area (Å²) in [6.07, 6.45) is 4.14. The Morgan fingerprint density at radius 2 is 2.27 bits per heavy atom. The highest BCUT2D eigenvalue weighted by Crippen LogP contribution is 2.18. The molecule has 11 heavy (non-hydrogen) atoms. The van der Waals surface area contributed by atoms with Crippen molar-refractivity contribution in [3.05, 3.63) is 0 Å². The lowest BCUT2D eigenvalue weighted by Crippen LogP contribution is -2.40. The van der Waals surface area contributed by atoms with E-state index in [-0.39, 0.29) is 0 Å². The zero-order valence-corrected chi connectivity index (χ0v) is 8.14. The zero-order chi connectivity index (χ0) is 8.27. The zero-order valence-electron chi connectivity index (χ0n) is 8.14. The first kappa shape index (κ1) is 9.05. The summed E-state index contributed by atoms with van der Waals surface area (Å²) in [6.45, 7) is 9.66. The largest absolute Gasteiger partial charge is 0.300 e. The highest BCUT2D eigenvalue weighted by atomic mass is 15.2. The molecule has 0 aliphatic carbocycles. The van der Waals surface area contributed by atoms with Crippen molar-refractivity contribution in [3.8, 4) is 0 Å². The van der Waals surface area contributed by atoms with Gasteiger partial charge in [-0.15, -0.1) is 0 Å². The maximum Gasteiger partial charge on any atom is 0.00644 e. The quantitative estimate of drug-likeness (QED) is 0.592. The van der Waals surface area contributed by atoms with Crippen LogP contribution >= 0.6 is 0 Å². The van der Waals surface area contributed by atoms with Crippen molar-refractivity contribution in [2.45, 2.75) is 46.1 Å². The van der Waals surface area contributed by atoms with Crippen molar-refractivity contribution in [2.75, 3.05) is 13.1 Å². The van der Waals surface area contributed by atoms with Crippen LogP contribution in [0.25, 0.3) is 0 Å². The fourth-order valence-corrected chi connectivity index (χ4v) is 1.88. The van der Waals surface area contributed by atoms with Crippen LogP contribution in [0.1, 0.15) is 40.0 Å². The minimum absolute atomic E-state index is 0.803. The van der Waals surface area contributed by atoms with Crippen LogP contribution in [0, 0.1) is 5.92 Å². The fourth-order valence-electron chi connectivity index (χ4n) is 1.88. The van der Waals surface area contributed by atoms with Gasteiger partial charge in [-0.05, 0) is 38.6 Å². The second-order valence-electron chi connectivity index (χ2n) is 4.00. The summed E-state index contributed by atoms with van der Waals surface area (Å²) in [6, 6.07) is 0.803. The van der Waals surface area contributed by atoms with Gasteiger partial charge in [0.2, 0.25) is 0 Å². The molecule has 0 radical (unpaired) electrons. The molecule has 2 atom stereocenters. The number of nitrogens with zero attached hydrogens (tertiary/aromatic N) is 1. The Balaban J connectivity index is 2.33. The molecule has 1 heterocycles. The lowest BCUT2D eigenvalue weighted by Gasteiger charge is -2.35. The summed E-state index contributed by atoms with van der Waals surface area (Å²) in [5.41, 5.74) is 0. The lowest BCUT2D eigenvalue weighted by molar-refractivity contribution is 0.136. The van der Waals surface area contributed by atoms with Gasteiger partial charge in [-0.2, -0.15) is 0 Å². The molecule has 0 N–H and O–H groups in total. The molecule has 0 aromatic carbocycles. The normalized spacial score (nSPS) is 30.3. The van der Waals surface area contributed by atoms with Gasteiger partial charge in [0, 0.05) is 12.6 Å². The van der Waals surface area contributed by atoms with Crippen LogP contribution in [0.3, 0.4) is 0 Å². The lowest BCUT2D eigenvalue weighted by atomic mass is 9.98. The van der Waals surface area contributed by atoms with E-state index in [1.807, 2.05) is 0 Å². The third kappa shape index (κ3) is 2.48. The van der Waals surface area contributed by atoms with Crippen LogP contribution in [0.15, 0.2) is 0 Å². The Kier molecular flexibility index (Phi) is 3.38. The second-order valence-corrected chi connectivity index (χ2v) is 4.00. The van der Waals surface area contributed by atoms with E-state index in [4.69, 9.17) is 0 Å². The summed E-state index contributed by atoms with van der Waals surface area (Å²) in [5.74, 6) is 0.928. The van der Waals surface area contributed by atoms with Crippen LogP contribution in [-0.2, 0) is 0 Å². The Labute approximate surface area is 70.8 Å². The van der Waals surface area contributed by atoms with E-state index in [0.29, 0.717) is 0 Å². The minimum Gasteiger partial charge on any atom is -0.300 e. The molecule has 1 aliphatic heterocycles. The molecule has 0 aromatic heterocycles. The maximum atomic E-state index is 2.63. The molecule has 0 bridgehead atoms. The first-order valence-corrected chi connectivity index (χ1v) is 4.98. The van der Waals surface area contributed by atoms with Crippen LogP contribution in [0.5, 0.6) is 0 Å². The van der Waals surface area contributed by atoms with Crippen molar-refractivity contribution < 1.29 is 0 Å². The molecule has 2 unspecified atom stereocenters. The molecule has 1 rings (SSSR count). The van der Waals surface area contributed by atoms with E-state index in [2.05, 4.69) is 25.7 Å².